The molecule has 0 rings (SSSR count). The molecule has 0 bridgehead atoms. The Bertz CT molecular complexity index is 17.6. The second-order valence-electron chi connectivity index (χ2n) is 1.31. The second kappa shape index (κ2) is 3.01. The van der Waals surface area contributed by atoms with Crippen molar-refractivity contribution in [1.82, 2.24) is 0 Å². The van der Waals surface area contributed by atoms with Gasteiger partial charge < -0.3 is 0 Å². The van der Waals surface area contributed by atoms with Gasteiger partial charge in [-0.2, -0.15) is 0 Å². The van der Waals surface area contributed by atoms with Gasteiger partial charge in [0.25, 0.3) is 0 Å². The van der Waals surface area contributed by atoms with E-state index in [1.165, 1.54) is 6.42 Å². The van der Waals surface area contributed by atoms with Crippen LogP contribution in [0.25, 0.3) is 0 Å². The van der Waals surface area contributed by atoms with Crippen LogP contribution in [-0.2, 0) is 0 Å². The van der Waals surface area contributed by atoms with Gasteiger partial charge in [-0.15, -0.1) is 0 Å². The molecule has 0 saturated carbocycles. The summed E-state index contributed by atoms with van der Waals surface area (Å²) in [4.78, 5) is 0. The van der Waals surface area contributed by atoms with Crippen LogP contribution in [-0.4, -0.2) is 22.5 Å². The Labute approximate surface area is 47.0 Å². The summed E-state index contributed by atoms with van der Waals surface area (Å²) in [5.74, 6) is 0. The van der Waals surface area contributed by atoms with Crippen molar-refractivity contribution in [3.8, 4) is 0 Å². The molecule has 0 N–H and O–H groups in total. The summed E-state index contributed by atoms with van der Waals surface area (Å²) in [6, 6.07) is 0. The molecule has 1 heteroatoms. The molecule has 5 heavy (non-hydrogen) atoms. The first kappa shape index (κ1) is 5.80. The van der Waals surface area contributed by atoms with Crippen LogP contribution < -0.4 is 0 Å². The molecular weight excluding hydrogens is 167 g/mol. The normalized spacial score (nSPS) is 15.0. The van der Waals surface area contributed by atoms with Crippen LogP contribution in [0.15, 0.2) is 0 Å². The summed E-state index contributed by atoms with van der Waals surface area (Å²) in [5, 5.41) is 0. The van der Waals surface area contributed by atoms with Crippen molar-refractivity contribution in [2.24, 2.45) is 0 Å². The molecule has 0 aliphatic heterocycles. The quantitative estimate of drug-likeness (QED) is 0.529. The van der Waals surface area contributed by atoms with Crippen molar-refractivity contribution in [3.63, 3.8) is 0 Å². The molecule has 1 unspecified atom stereocenters. The van der Waals surface area contributed by atoms with E-state index < -0.39 is 0 Å². The molecule has 0 spiro atoms. The van der Waals surface area contributed by atoms with Crippen LogP contribution >= 0.6 is 0 Å². The zero-order chi connectivity index (χ0) is 4.28. The third-order valence-electron chi connectivity index (χ3n) is 0.612. The Balaban J connectivity index is 2.54. The van der Waals surface area contributed by atoms with Crippen molar-refractivity contribution in [2.75, 3.05) is 0 Å². The van der Waals surface area contributed by atoms with Crippen molar-refractivity contribution >= 4 is 22.5 Å². The minimum absolute atomic E-state index is 0.974. The monoisotopic (exact) mass is 177 g/mol. The van der Waals surface area contributed by atoms with Crippen LogP contribution in [0.1, 0.15) is 20.3 Å². The third-order valence-corrected chi connectivity index (χ3v) is 1.78. The van der Waals surface area contributed by atoms with Crippen LogP contribution in [0.2, 0.25) is 3.93 Å². The molecular formula is C4H9Sn. The summed E-state index contributed by atoms with van der Waals surface area (Å²) in [6.45, 7) is 4.48. The van der Waals surface area contributed by atoms with Crippen LogP contribution in [0.3, 0.4) is 0 Å². The van der Waals surface area contributed by atoms with Crippen molar-refractivity contribution in [2.45, 2.75) is 24.2 Å². The Morgan fingerprint density at radius 2 is 2.00 bits per heavy atom. The SMILES string of the molecule is CC[CH](C)[Sn]. The molecule has 0 heterocycles. The molecule has 3 radical (unpaired) electrons. The van der Waals surface area contributed by atoms with Gasteiger partial charge in [0.05, 0.1) is 0 Å². The van der Waals surface area contributed by atoms with E-state index in [-0.39, 0.29) is 0 Å². The minimum atomic E-state index is 0.974. The Morgan fingerprint density at radius 1 is 1.80 bits per heavy atom. The number of hydrogen-bond donors (Lipinski definition) is 0. The fourth-order valence-electron chi connectivity index (χ4n) is 0. The molecule has 29 valence electrons. The number of rotatable bonds is 1. The average molecular weight is 176 g/mol. The molecule has 0 fully saturated rings. The predicted octanol–water partition coefficient (Wildman–Crippen LogP) is 1.37. The summed E-state index contributed by atoms with van der Waals surface area (Å²) in [6.07, 6.45) is 1.35. The Hall–Kier alpha value is 0.799. The van der Waals surface area contributed by atoms with E-state index in [4.69, 9.17) is 0 Å². The van der Waals surface area contributed by atoms with Crippen molar-refractivity contribution < 1.29 is 0 Å². The van der Waals surface area contributed by atoms with Crippen LogP contribution in [0, 0.1) is 0 Å². The molecule has 0 amide bonds. The maximum absolute atomic E-state index is 2.26. The van der Waals surface area contributed by atoms with E-state index in [0.29, 0.717) is 0 Å². The molecule has 0 aromatic heterocycles. The zero-order valence-electron chi connectivity index (χ0n) is 3.78. The van der Waals surface area contributed by atoms with Gasteiger partial charge in [0.1, 0.15) is 0 Å². The first-order chi connectivity index (χ1) is 2.27. The van der Waals surface area contributed by atoms with Gasteiger partial charge in [0.2, 0.25) is 0 Å². The zero-order valence-corrected chi connectivity index (χ0v) is 6.64. The summed E-state index contributed by atoms with van der Waals surface area (Å²) >= 11 is 1.67. The van der Waals surface area contributed by atoms with Crippen LogP contribution in [0.5, 0.6) is 0 Å². The first-order valence-corrected chi connectivity index (χ1v) is 3.63. The summed E-state index contributed by atoms with van der Waals surface area (Å²) in [7, 11) is 0. The van der Waals surface area contributed by atoms with E-state index >= 15 is 0 Å². The summed E-state index contributed by atoms with van der Waals surface area (Å²) < 4.78 is 0.974. The third kappa shape index (κ3) is 4.80. The fourth-order valence-corrected chi connectivity index (χ4v) is 0. The Morgan fingerprint density at radius 3 is 2.00 bits per heavy atom. The van der Waals surface area contributed by atoms with Crippen molar-refractivity contribution in [1.29, 1.82) is 0 Å². The fraction of sp³-hybridized carbons (Fsp3) is 1.00. The first-order valence-electron chi connectivity index (χ1n) is 1.98. The predicted molar refractivity (Wildman–Crippen MR) is 25.5 cm³/mol. The molecule has 0 saturated heterocycles. The molecule has 0 nitrogen and oxygen atoms in total. The molecule has 0 aromatic carbocycles. The van der Waals surface area contributed by atoms with E-state index in [1.54, 1.807) is 22.5 Å². The Kier molecular flexibility index (Phi) is 3.49. The van der Waals surface area contributed by atoms with E-state index in [1.807, 2.05) is 0 Å². The van der Waals surface area contributed by atoms with Gasteiger partial charge in [-0.05, 0) is 0 Å². The van der Waals surface area contributed by atoms with Crippen LogP contribution in [0.4, 0.5) is 0 Å². The summed E-state index contributed by atoms with van der Waals surface area (Å²) in [5.41, 5.74) is 0. The van der Waals surface area contributed by atoms with Crippen molar-refractivity contribution in [3.05, 3.63) is 0 Å². The number of hydrogen-bond acceptors (Lipinski definition) is 0. The topological polar surface area (TPSA) is 0 Å². The standard InChI is InChI=1S/C4H9.Sn/c1-3-4-2;/h3H,4H2,1-2H3;. The molecule has 0 aromatic rings. The molecule has 0 aliphatic carbocycles. The van der Waals surface area contributed by atoms with Gasteiger partial charge in [-0.25, -0.2) is 0 Å². The van der Waals surface area contributed by atoms with E-state index in [9.17, 15) is 0 Å². The second-order valence-corrected chi connectivity index (χ2v) is 4.12. The maximum atomic E-state index is 2.26. The van der Waals surface area contributed by atoms with Gasteiger partial charge in [-0.3, -0.25) is 0 Å². The van der Waals surface area contributed by atoms with Gasteiger partial charge in [0, 0.05) is 0 Å². The molecule has 1 atom stereocenters. The van der Waals surface area contributed by atoms with Gasteiger partial charge in [0.15, 0.2) is 0 Å². The molecule has 0 aliphatic rings. The van der Waals surface area contributed by atoms with E-state index in [0.717, 1.165) is 3.93 Å². The van der Waals surface area contributed by atoms with E-state index in [2.05, 4.69) is 13.8 Å². The van der Waals surface area contributed by atoms with Gasteiger partial charge >= 0.3 is 46.7 Å². The van der Waals surface area contributed by atoms with Gasteiger partial charge in [-0.1, -0.05) is 0 Å². The average Bonchev–Trinajstić information content (AvgIpc) is 1.38.